The molecule has 0 aliphatic carbocycles. The first-order chi connectivity index (χ1) is 5.10. The van der Waals surface area contributed by atoms with Gasteiger partial charge >= 0.3 is 0 Å². The normalized spacial score (nSPS) is 13.0. The summed E-state index contributed by atoms with van der Waals surface area (Å²) in [6, 6.07) is 0. The van der Waals surface area contributed by atoms with E-state index in [1.165, 1.54) is 0 Å². The van der Waals surface area contributed by atoms with Crippen LogP contribution in [0.5, 0.6) is 0 Å². The summed E-state index contributed by atoms with van der Waals surface area (Å²) in [7, 11) is 0. The third-order valence-electron chi connectivity index (χ3n) is 0.798. The van der Waals surface area contributed by atoms with Gasteiger partial charge in [0, 0.05) is 0 Å². The van der Waals surface area contributed by atoms with E-state index in [1.54, 1.807) is 0 Å². The Kier molecular flexibility index (Phi) is 4.72. The molecule has 0 N–H and O–H groups in total. The lowest BCUT2D eigenvalue weighted by atomic mass is 10.4. The van der Waals surface area contributed by atoms with Crippen molar-refractivity contribution >= 4 is 69.6 Å². The van der Waals surface area contributed by atoms with Gasteiger partial charge in [0.15, 0.2) is 0 Å². The van der Waals surface area contributed by atoms with Gasteiger partial charge in [-0.3, -0.25) is 0 Å². The van der Waals surface area contributed by atoms with E-state index in [-0.39, 0.29) is 0 Å². The predicted molar refractivity (Wildman–Crippen MR) is 49.8 cm³/mol. The molecule has 8 heteroatoms. The lowest BCUT2D eigenvalue weighted by Gasteiger charge is -2.25. The Morgan fingerprint density at radius 2 is 1.25 bits per heavy atom. The van der Waals surface area contributed by atoms with Crippen LogP contribution in [0.25, 0.3) is 0 Å². The van der Waals surface area contributed by atoms with Crippen LogP contribution in [0, 0.1) is 0 Å². The average Bonchev–Trinajstić information content (AvgIpc) is 1.83. The van der Waals surface area contributed by atoms with Gasteiger partial charge in [0.2, 0.25) is 8.13 Å². The highest BCUT2D eigenvalue weighted by molar-refractivity contribution is 6.77. The zero-order chi connectivity index (χ0) is 10.2. The number of allylic oxidation sites excluding steroid dienone is 1. The Bertz CT molecular complexity index is 200. The van der Waals surface area contributed by atoms with Crippen molar-refractivity contribution in [1.82, 2.24) is 0 Å². The molecule has 0 unspecified atom stereocenters. The molecule has 0 saturated heterocycles. The summed E-state index contributed by atoms with van der Waals surface area (Å²) in [5.41, 5.74) is 0. The first-order valence-electron chi connectivity index (χ1n) is 2.26. The summed E-state index contributed by atoms with van der Waals surface area (Å²) in [6.07, 6.45) is -2.30. The van der Waals surface area contributed by atoms with Gasteiger partial charge in [-0.1, -0.05) is 69.6 Å². The van der Waals surface area contributed by atoms with Crippen molar-refractivity contribution in [3.05, 3.63) is 11.1 Å². The molecular formula is C4Cl6F2. The van der Waals surface area contributed by atoms with E-state index in [2.05, 4.69) is 0 Å². The van der Waals surface area contributed by atoms with Crippen LogP contribution in [0.2, 0.25) is 0 Å². The maximum Gasteiger partial charge on any atom is 0.287 e. The first-order valence-corrected chi connectivity index (χ1v) is 4.53. The van der Waals surface area contributed by atoms with Gasteiger partial charge in [-0.2, -0.15) is 8.78 Å². The minimum atomic E-state index is -2.45. The highest BCUT2D eigenvalue weighted by Crippen LogP contribution is 2.52. The molecule has 0 bridgehead atoms. The number of hydrogen-bond donors (Lipinski definition) is 0. The molecule has 0 radical (unpaired) electrons. The quantitative estimate of drug-likeness (QED) is 0.605. The van der Waals surface area contributed by atoms with Gasteiger partial charge in [-0.25, -0.2) is 0 Å². The third-order valence-corrected chi connectivity index (χ3v) is 3.79. The van der Waals surface area contributed by atoms with Crippen LogP contribution in [0.15, 0.2) is 11.1 Å². The molecule has 0 rings (SSSR count). The molecule has 0 aliphatic rings. The number of hydrogen-bond acceptors (Lipinski definition) is 0. The monoisotopic (exact) mass is 296 g/mol. The molecule has 0 nitrogen and oxygen atoms in total. The van der Waals surface area contributed by atoms with Crippen molar-refractivity contribution in [2.24, 2.45) is 0 Å². The van der Waals surface area contributed by atoms with Gasteiger partial charge in [0.05, 0.1) is 0 Å². The molecule has 0 aromatic heterocycles. The molecule has 12 heavy (non-hydrogen) atoms. The van der Waals surface area contributed by atoms with E-state index in [0.717, 1.165) is 0 Å². The SMILES string of the molecule is FC(F)=C(Cl)C(Cl)(Cl)C(Cl)(Cl)Cl. The molecule has 0 fully saturated rings. The van der Waals surface area contributed by atoms with Gasteiger partial charge in [-0.15, -0.1) is 0 Å². The first kappa shape index (κ1) is 13.3. The van der Waals surface area contributed by atoms with Crippen LogP contribution in [-0.4, -0.2) is 8.13 Å². The van der Waals surface area contributed by atoms with E-state index in [0.29, 0.717) is 0 Å². The lowest BCUT2D eigenvalue weighted by molar-refractivity contribution is 0.413. The molecule has 72 valence electrons. The maximum absolute atomic E-state index is 11.9. The Hall–Kier alpha value is 1.34. The molecule has 0 atom stereocenters. The smallest absolute Gasteiger partial charge is 0.172 e. The van der Waals surface area contributed by atoms with Crippen molar-refractivity contribution in [2.75, 3.05) is 0 Å². The number of halogens is 8. The van der Waals surface area contributed by atoms with Crippen molar-refractivity contribution in [3.63, 3.8) is 0 Å². The summed E-state index contributed by atoms with van der Waals surface area (Å²) in [6.45, 7) is 0. The largest absolute Gasteiger partial charge is 0.287 e. The van der Waals surface area contributed by atoms with Gasteiger partial charge in [0.25, 0.3) is 6.08 Å². The summed E-state index contributed by atoms with van der Waals surface area (Å²) in [4.78, 5) is 0. The van der Waals surface area contributed by atoms with Crippen molar-refractivity contribution in [2.45, 2.75) is 8.13 Å². The highest BCUT2D eigenvalue weighted by Gasteiger charge is 2.50. The second-order valence-electron chi connectivity index (χ2n) is 1.65. The summed E-state index contributed by atoms with van der Waals surface area (Å²) in [5, 5.41) is -1.20. The minimum Gasteiger partial charge on any atom is -0.172 e. The van der Waals surface area contributed by atoms with E-state index < -0.39 is 19.2 Å². The van der Waals surface area contributed by atoms with E-state index in [9.17, 15) is 8.78 Å². The molecule has 0 aromatic rings. The summed E-state index contributed by atoms with van der Waals surface area (Å²) >= 11 is 31.1. The Balaban J connectivity index is 5.01. The Morgan fingerprint density at radius 1 is 0.917 bits per heavy atom. The third kappa shape index (κ3) is 2.93. The van der Waals surface area contributed by atoms with Crippen molar-refractivity contribution in [3.8, 4) is 0 Å². The Labute approximate surface area is 97.3 Å². The van der Waals surface area contributed by atoms with Crippen LogP contribution in [0.4, 0.5) is 8.78 Å². The van der Waals surface area contributed by atoms with E-state index in [4.69, 9.17) is 69.6 Å². The predicted octanol–water partition coefficient (Wildman–Crippen LogP) is 4.88. The number of rotatable bonds is 1. The molecular weight excluding hydrogens is 299 g/mol. The fourth-order valence-electron chi connectivity index (χ4n) is 0.243. The highest BCUT2D eigenvalue weighted by atomic mass is 35.6. The maximum atomic E-state index is 11.9. The molecule has 0 heterocycles. The van der Waals surface area contributed by atoms with Crippen LogP contribution in [0.3, 0.4) is 0 Å². The lowest BCUT2D eigenvalue weighted by Crippen LogP contribution is -2.31. The number of alkyl halides is 5. The molecule has 0 spiro atoms. The van der Waals surface area contributed by atoms with E-state index in [1.807, 2.05) is 0 Å². The molecule has 0 aromatic carbocycles. The average molecular weight is 299 g/mol. The van der Waals surface area contributed by atoms with Gasteiger partial charge < -0.3 is 0 Å². The zero-order valence-electron chi connectivity index (χ0n) is 5.02. The van der Waals surface area contributed by atoms with E-state index >= 15 is 0 Å². The second kappa shape index (κ2) is 4.24. The standard InChI is InChI=1S/C4Cl6F2/c5-1(2(11)12)3(6,7)4(8,9)10. The van der Waals surface area contributed by atoms with Crippen LogP contribution in [0.1, 0.15) is 0 Å². The van der Waals surface area contributed by atoms with Crippen molar-refractivity contribution < 1.29 is 8.78 Å². The van der Waals surface area contributed by atoms with Crippen LogP contribution < -0.4 is 0 Å². The van der Waals surface area contributed by atoms with Crippen LogP contribution in [-0.2, 0) is 0 Å². The van der Waals surface area contributed by atoms with Crippen molar-refractivity contribution in [1.29, 1.82) is 0 Å². The van der Waals surface area contributed by atoms with Gasteiger partial charge in [0.1, 0.15) is 5.03 Å². The van der Waals surface area contributed by atoms with Crippen LogP contribution >= 0.6 is 69.6 Å². The molecule has 0 aliphatic heterocycles. The van der Waals surface area contributed by atoms with Gasteiger partial charge in [-0.05, 0) is 0 Å². The molecule has 0 saturated carbocycles. The minimum absolute atomic E-state index is 1.20. The molecule has 0 amide bonds. The second-order valence-corrected chi connectivity index (χ2v) is 5.63. The zero-order valence-corrected chi connectivity index (χ0v) is 9.56. The summed E-state index contributed by atoms with van der Waals surface area (Å²) in [5.74, 6) is 0. The fraction of sp³-hybridized carbons (Fsp3) is 0.500. The fourth-order valence-corrected chi connectivity index (χ4v) is 0.956. The summed E-state index contributed by atoms with van der Waals surface area (Å²) < 4.78 is 18.9. The Morgan fingerprint density at radius 3 is 1.33 bits per heavy atom. The topological polar surface area (TPSA) is 0 Å².